The number of anilines is 2. The Kier molecular flexibility index (Phi) is 4.90. The second kappa shape index (κ2) is 6.91. The van der Waals surface area contributed by atoms with E-state index in [4.69, 9.17) is 0 Å². The van der Waals surface area contributed by atoms with Gasteiger partial charge in [0, 0.05) is 23.3 Å². The largest absolute Gasteiger partial charge is 0.381 e. The highest BCUT2D eigenvalue weighted by Gasteiger charge is 2.27. The Morgan fingerprint density at radius 1 is 0.957 bits per heavy atom. The molecule has 0 radical (unpaired) electrons. The molecule has 1 saturated heterocycles. The van der Waals surface area contributed by atoms with Gasteiger partial charge in [0.2, 0.25) is 5.91 Å². The highest BCUT2D eigenvalue weighted by molar-refractivity contribution is 7.91. The molecule has 2 aliphatic rings. The van der Waals surface area contributed by atoms with Crippen LogP contribution in [0.25, 0.3) is 0 Å². The fourth-order valence-corrected chi connectivity index (χ4v) is 5.08. The van der Waals surface area contributed by atoms with Crippen molar-refractivity contribution in [3.63, 3.8) is 0 Å². The SMILES string of the molecule is O=C(Nc1ccc(NC2CCS(=O)(=O)C2)cc1)C1CCCCC1. The first-order valence-corrected chi connectivity index (χ1v) is 10.2. The number of amides is 1. The lowest BCUT2D eigenvalue weighted by Gasteiger charge is -2.21. The van der Waals surface area contributed by atoms with Crippen molar-refractivity contribution < 1.29 is 13.2 Å². The topological polar surface area (TPSA) is 75.3 Å². The summed E-state index contributed by atoms with van der Waals surface area (Å²) < 4.78 is 22.9. The lowest BCUT2D eigenvalue weighted by Crippen LogP contribution is -2.24. The van der Waals surface area contributed by atoms with Gasteiger partial charge in [-0.3, -0.25) is 4.79 Å². The number of hydrogen-bond donors (Lipinski definition) is 2. The number of rotatable bonds is 4. The van der Waals surface area contributed by atoms with Crippen LogP contribution in [-0.2, 0) is 14.6 Å². The third-order valence-electron chi connectivity index (χ3n) is 4.73. The second-order valence-electron chi connectivity index (χ2n) is 6.65. The Bertz CT molecular complexity index is 649. The zero-order chi connectivity index (χ0) is 16.3. The molecule has 1 heterocycles. The minimum absolute atomic E-state index is 0.0114. The van der Waals surface area contributed by atoms with Gasteiger partial charge in [-0.05, 0) is 43.5 Å². The van der Waals surface area contributed by atoms with Crippen molar-refractivity contribution in [2.75, 3.05) is 22.1 Å². The number of nitrogens with one attached hydrogen (secondary N) is 2. The Labute approximate surface area is 137 Å². The van der Waals surface area contributed by atoms with Crippen molar-refractivity contribution in [3.8, 4) is 0 Å². The lowest BCUT2D eigenvalue weighted by atomic mass is 9.88. The smallest absolute Gasteiger partial charge is 0.227 e. The molecule has 1 aliphatic heterocycles. The number of sulfone groups is 1. The van der Waals surface area contributed by atoms with E-state index in [0.717, 1.165) is 37.1 Å². The molecule has 6 heteroatoms. The molecule has 2 fully saturated rings. The van der Waals surface area contributed by atoms with Crippen molar-refractivity contribution >= 4 is 27.1 Å². The molecule has 126 valence electrons. The van der Waals surface area contributed by atoms with E-state index < -0.39 is 9.84 Å². The zero-order valence-corrected chi connectivity index (χ0v) is 14.1. The molecule has 1 aromatic rings. The van der Waals surface area contributed by atoms with E-state index in [2.05, 4.69) is 10.6 Å². The summed E-state index contributed by atoms with van der Waals surface area (Å²) in [5.41, 5.74) is 1.69. The molecule has 1 unspecified atom stereocenters. The molecule has 1 aliphatic carbocycles. The van der Waals surface area contributed by atoms with Gasteiger partial charge in [-0.15, -0.1) is 0 Å². The Hall–Kier alpha value is -1.56. The van der Waals surface area contributed by atoms with Crippen LogP contribution in [-0.4, -0.2) is 31.9 Å². The van der Waals surface area contributed by atoms with Gasteiger partial charge in [0.1, 0.15) is 0 Å². The van der Waals surface area contributed by atoms with E-state index in [1.54, 1.807) is 0 Å². The number of carbonyl (C=O) groups is 1. The summed E-state index contributed by atoms with van der Waals surface area (Å²) in [6.07, 6.45) is 6.16. The Balaban J connectivity index is 1.53. The number of hydrogen-bond acceptors (Lipinski definition) is 4. The van der Waals surface area contributed by atoms with Crippen LogP contribution in [0.1, 0.15) is 38.5 Å². The normalized spacial score (nSPS) is 24.3. The van der Waals surface area contributed by atoms with Crippen molar-refractivity contribution in [3.05, 3.63) is 24.3 Å². The highest BCUT2D eigenvalue weighted by atomic mass is 32.2. The first-order chi connectivity index (χ1) is 11.0. The average Bonchev–Trinajstić information content (AvgIpc) is 2.89. The van der Waals surface area contributed by atoms with Crippen LogP contribution < -0.4 is 10.6 Å². The molecule has 0 bridgehead atoms. The van der Waals surface area contributed by atoms with Gasteiger partial charge >= 0.3 is 0 Å². The monoisotopic (exact) mass is 336 g/mol. The van der Waals surface area contributed by atoms with Gasteiger partial charge in [0.25, 0.3) is 0 Å². The molecular formula is C17H24N2O3S. The third-order valence-corrected chi connectivity index (χ3v) is 6.50. The molecule has 1 aromatic carbocycles. The maximum atomic E-state index is 12.2. The van der Waals surface area contributed by atoms with Gasteiger partial charge in [-0.25, -0.2) is 8.42 Å². The Morgan fingerprint density at radius 3 is 2.22 bits per heavy atom. The molecule has 2 N–H and O–H groups in total. The van der Waals surface area contributed by atoms with Gasteiger partial charge in [-0.1, -0.05) is 19.3 Å². The van der Waals surface area contributed by atoms with Crippen LogP contribution in [0.4, 0.5) is 11.4 Å². The first-order valence-electron chi connectivity index (χ1n) is 8.40. The second-order valence-corrected chi connectivity index (χ2v) is 8.87. The molecule has 0 aromatic heterocycles. The summed E-state index contributed by atoms with van der Waals surface area (Å²) in [4.78, 5) is 12.2. The molecule has 5 nitrogen and oxygen atoms in total. The van der Waals surface area contributed by atoms with Crippen LogP contribution in [0.5, 0.6) is 0 Å². The quantitative estimate of drug-likeness (QED) is 0.886. The summed E-state index contributed by atoms with van der Waals surface area (Å²) in [6, 6.07) is 7.50. The third kappa shape index (κ3) is 4.47. The van der Waals surface area contributed by atoms with E-state index in [1.807, 2.05) is 24.3 Å². The maximum absolute atomic E-state index is 12.2. The van der Waals surface area contributed by atoms with Crippen molar-refractivity contribution in [1.29, 1.82) is 0 Å². The minimum atomic E-state index is -2.87. The van der Waals surface area contributed by atoms with Crippen molar-refractivity contribution in [1.82, 2.24) is 0 Å². The molecular weight excluding hydrogens is 312 g/mol. The molecule has 23 heavy (non-hydrogen) atoms. The van der Waals surface area contributed by atoms with Crippen LogP contribution >= 0.6 is 0 Å². The summed E-state index contributed by atoms with van der Waals surface area (Å²) in [5, 5.41) is 6.23. The van der Waals surface area contributed by atoms with Gasteiger partial charge in [0.15, 0.2) is 9.84 Å². The summed E-state index contributed by atoms with van der Waals surface area (Å²) in [6.45, 7) is 0. The summed E-state index contributed by atoms with van der Waals surface area (Å²) >= 11 is 0. The average molecular weight is 336 g/mol. The summed E-state index contributed by atoms with van der Waals surface area (Å²) in [7, 11) is -2.87. The van der Waals surface area contributed by atoms with E-state index in [9.17, 15) is 13.2 Å². The zero-order valence-electron chi connectivity index (χ0n) is 13.3. The minimum Gasteiger partial charge on any atom is -0.381 e. The van der Waals surface area contributed by atoms with Gasteiger partial charge < -0.3 is 10.6 Å². The first kappa shape index (κ1) is 16.3. The van der Waals surface area contributed by atoms with E-state index in [-0.39, 0.29) is 29.4 Å². The van der Waals surface area contributed by atoms with E-state index in [1.165, 1.54) is 6.42 Å². The molecule has 1 atom stereocenters. The van der Waals surface area contributed by atoms with Crippen LogP contribution in [0.15, 0.2) is 24.3 Å². The predicted octanol–water partition coefficient (Wildman–Crippen LogP) is 2.80. The standard InChI is InChI=1S/C17H24N2O3S/c20-17(13-4-2-1-3-5-13)19-15-8-6-14(7-9-15)18-16-10-11-23(21,22)12-16/h6-9,13,16,18H,1-5,10-12H2,(H,19,20). The molecule has 1 amide bonds. The molecule has 3 rings (SSSR count). The van der Waals surface area contributed by atoms with Gasteiger partial charge in [0.05, 0.1) is 11.5 Å². The number of benzene rings is 1. The lowest BCUT2D eigenvalue weighted by molar-refractivity contribution is -0.120. The predicted molar refractivity (Wildman–Crippen MR) is 92.3 cm³/mol. The fraction of sp³-hybridized carbons (Fsp3) is 0.588. The van der Waals surface area contributed by atoms with Crippen LogP contribution in [0, 0.1) is 5.92 Å². The van der Waals surface area contributed by atoms with E-state index in [0.29, 0.717) is 6.42 Å². The Morgan fingerprint density at radius 2 is 1.61 bits per heavy atom. The molecule has 1 saturated carbocycles. The number of carbonyl (C=O) groups excluding carboxylic acids is 1. The highest BCUT2D eigenvalue weighted by Crippen LogP contribution is 2.25. The van der Waals surface area contributed by atoms with Gasteiger partial charge in [-0.2, -0.15) is 0 Å². The summed E-state index contributed by atoms with van der Waals surface area (Å²) in [5.74, 6) is 0.727. The van der Waals surface area contributed by atoms with Crippen molar-refractivity contribution in [2.45, 2.75) is 44.6 Å². The van der Waals surface area contributed by atoms with Crippen LogP contribution in [0.2, 0.25) is 0 Å². The molecule has 0 spiro atoms. The van der Waals surface area contributed by atoms with Crippen LogP contribution in [0.3, 0.4) is 0 Å². The fourth-order valence-electron chi connectivity index (χ4n) is 3.40. The maximum Gasteiger partial charge on any atom is 0.227 e. The van der Waals surface area contributed by atoms with E-state index >= 15 is 0 Å². The van der Waals surface area contributed by atoms with Crippen molar-refractivity contribution in [2.24, 2.45) is 5.92 Å².